The van der Waals surface area contributed by atoms with Gasteiger partial charge in [0.05, 0.1) is 17.7 Å². The highest BCUT2D eigenvalue weighted by atomic mass is 16.1. The average molecular weight is 343 g/mol. The fraction of sp³-hybridized carbons (Fsp3) is 0.0500. The average Bonchev–Trinajstić information content (AvgIpc) is 3.40. The molecule has 0 fully saturated rings. The van der Waals surface area contributed by atoms with Crippen molar-refractivity contribution in [2.75, 3.05) is 0 Å². The van der Waals surface area contributed by atoms with Gasteiger partial charge in [-0.15, -0.1) is 0 Å². The molecule has 6 nitrogen and oxygen atoms in total. The molecule has 0 aliphatic carbocycles. The number of benzene rings is 1. The summed E-state index contributed by atoms with van der Waals surface area (Å²) >= 11 is 0. The van der Waals surface area contributed by atoms with Gasteiger partial charge in [0.25, 0.3) is 5.91 Å². The van der Waals surface area contributed by atoms with Gasteiger partial charge in [-0.25, -0.2) is 4.98 Å². The molecule has 0 unspecified atom stereocenters. The van der Waals surface area contributed by atoms with E-state index in [1.807, 2.05) is 70.2 Å². The molecule has 1 N–H and O–H groups in total. The topological polar surface area (TPSA) is 64.7 Å². The van der Waals surface area contributed by atoms with E-state index in [1.54, 1.807) is 24.9 Å². The van der Waals surface area contributed by atoms with Gasteiger partial charge in [0.1, 0.15) is 0 Å². The number of hydrogen-bond donors (Lipinski definition) is 1. The van der Waals surface area contributed by atoms with Crippen LogP contribution in [0.15, 0.2) is 86.0 Å². The van der Waals surface area contributed by atoms with Crippen molar-refractivity contribution < 1.29 is 4.79 Å². The third-order valence-electron chi connectivity index (χ3n) is 4.11. The smallest absolute Gasteiger partial charge is 0.251 e. The Bertz CT molecular complexity index is 992. The van der Waals surface area contributed by atoms with Crippen LogP contribution in [0.3, 0.4) is 0 Å². The monoisotopic (exact) mass is 343 g/mol. The molecule has 4 aromatic rings. The first-order valence-corrected chi connectivity index (χ1v) is 8.24. The highest BCUT2D eigenvalue weighted by Crippen LogP contribution is 2.21. The third-order valence-corrected chi connectivity index (χ3v) is 4.11. The fourth-order valence-electron chi connectivity index (χ4n) is 2.77. The minimum absolute atomic E-state index is 0.118. The lowest BCUT2D eigenvalue weighted by atomic mass is 10.1. The first-order chi connectivity index (χ1) is 12.8. The second kappa shape index (κ2) is 7.06. The largest absolute Gasteiger partial charge is 0.348 e. The molecule has 0 saturated heterocycles. The summed E-state index contributed by atoms with van der Waals surface area (Å²) in [5.74, 6) is -0.118. The van der Waals surface area contributed by atoms with E-state index in [0.29, 0.717) is 12.1 Å². The van der Waals surface area contributed by atoms with Gasteiger partial charge >= 0.3 is 0 Å². The molecular weight excluding hydrogens is 326 g/mol. The molecule has 0 atom stereocenters. The maximum atomic E-state index is 12.6. The second-order valence-electron chi connectivity index (χ2n) is 5.80. The highest BCUT2D eigenvalue weighted by molar-refractivity contribution is 5.95. The van der Waals surface area contributed by atoms with Crippen LogP contribution < -0.4 is 5.32 Å². The van der Waals surface area contributed by atoms with Crippen LogP contribution in [-0.4, -0.2) is 25.0 Å². The summed E-state index contributed by atoms with van der Waals surface area (Å²) in [6.07, 6.45) is 12.7. The predicted molar refractivity (Wildman–Crippen MR) is 98.3 cm³/mol. The molecule has 26 heavy (non-hydrogen) atoms. The predicted octanol–water partition coefficient (Wildman–Crippen LogP) is 2.99. The summed E-state index contributed by atoms with van der Waals surface area (Å²) in [6.45, 7) is 0.462. The number of carbonyl (C=O) groups is 1. The summed E-state index contributed by atoms with van der Waals surface area (Å²) in [4.78, 5) is 20.7. The van der Waals surface area contributed by atoms with Crippen molar-refractivity contribution in [3.63, 3.8) is 0 Å². The molecule has 0 bridgehead atoms. The van der Waals surface area contributed by atoms with Crippen LogP contribution in [0.5, 0.6) is 0 Å². The van der Waals surface area contributed by atoms with Gasteiger partial charge in [0, 0.05) is 49.3 Å². The zero-order valence-corrected chi connectivity index (χ0v) is 14.0. The SMILES string of the molecule is O=C(NCc1ccncc1)c1ccc(-n2ccnc2)c(-n2cccc2)c1. The van der Waals surface area contributed by atoms with Gasteiger partial charge in [-0.1, -0.05) is 0 Å². The first kappa shape index (κ1) is 15.8. The van der Waals surface area contributed by atoms with E-state index >= 15 is 0 Å². The minimum atomic E-state index is -0.118. The lowest BCUT2D eigenvalue weighted by Gasteiger charge is -2.14. The fourth-order valence-corrected chi connectivity index (χ4v) is 2.77. The van der Waals surface area contributed by atoms with Crippen molar-refractivity contribution in [1.82, 2.24) is 24.4 Å². The highest BCUT2D eigenvalue weighted by Gasteiger charge is 2.12. The lowest BCUT2D eigenvalue weighted by Crippen LogP contribution is -2.23. The molecule has 0 saturated carbocycles. The number of hydrogen-bond acceptors (Lipinski definition) is 3. The van der Waals surface area contributed by atoms with Gasteiger partial charge in [0.15, 0.2) is 0 Å². The van der Waals surface area contributed by atoms with Crippen LogP contribution in [0.25, 0.3) is 11.4 Å². The Morgan fingerprint density at radius 3 is 2.42 bits per heavy atom. The van der Waals surface area contributed by atoms with Gasteiger partial charge in [0.2, 0.25) is 0 Å². The van der Waals surface area contributed by atoms with Crippen LogP contribution in [-0.2, 0) is 6.54 Å². The number of nitrogens with zero attached hydrogens (tertiary/aromatic N) is 4. The van der Waals surface area contributed by atoms with Gasteiger partial charge in [-0.3, -0.25) is 9.78 Å². The van der Waals surface area contributed by atoms with Crippen LogP contribution in [0.1, 0.15) is 15.9 Å². The molecule has 4 rings (SSSR count). The summed E-state index contributed by atoms with van der Waals surface area (Å²) in [7, 11) is 0. The van der Waals surface area contributed by atoms with Crippen molar-refractivity contribution in [3.8, 4) is 11.4 Å². The van der Waals surface area contributed by atoms with Crippen molar-refractivity contribution in [2.24, 2.45) is 0 Å². The Morgan fingerprint density at radius 1 is 0.885 bits per heavy atom. The van der Waals surface area contributed by atoms with Gasteiger partial charge in [-0.05, 0) is 48.0 Å². The molecule has 0 spiro atoms. The van der Waals surface area contributed by atoms with Crippen LogP contribution in [0, 0.1) is 0 Å². The number of carbonyl (C=O) groups excluding carboxylic acids is 1. The Morgan fingerprint density at radius 2 is 1.69 bits per heavy atom. The van der Waals surface area contributed by atoms with Crippen LogP contribution in [0.2, 0.25) is 0 Å². The Balaban J connectivity index is 1.63. The number of imidazole rings is 1. The first-order valence-electron chi connectivity index (χ1n) is 8.24. The number of rotatable bonds is 5. The maximum absolute atomic E-state index is 12.6. The Kier molecular flexibility index (Phi) is 4.30. The van der Waals surface area contributed by atoms with Crippen molar-refractivity contribution in [1.29, 1.82) is 0 Å². The zero-order valence-electron chi connectivity index (χ0n) is 14.0. The van der Waals surface area contributed by atoms with Crippen LogP contribution >= 0.6 is 0 Å². The second-order valence-corrected chi connectivity index (χ2v) is 5.80. The lowest BCUT2D eigenvalue weighted by molar-refractivity contribution is 0.0951. The normalized spacial score (nSPS) is 10.6. The molecule has 1 aromatic carbocycles. The van der Waals surface area contributed by atoms with E-state index in [9.17, 15) is 4.79 Å². The molecule has 0 aliphatic heterocycles. The number of pyridine rings is 1. The number of aromatic nitrogens is 4. The molecule has 6 heteroatoms. The minimum Gasteiger partial charge on any atom is -0.348 e. The number of nitrogens with one attached hydrogen (secondary N) is 1. The summed E-state index contributed by atoms with van der Waals surface area (Å²) < 4.78 is 3.91. The van der Waals surface area contributed by atoms with Crippen LogP contribution in [0.4, 0.5) is 0 Å². The molecule has 3 heterocycles. The summed E-state index contributed by atoms with van der Waals surface area (Å²) in [5, 5.41) is 2.95. The molecule has 1 amide bonds. The summed E-state index contributed by atoms with van der Waals surface area (Å²) in [5.41, 5.74) is 3.47. The standard InChI is InChI=1S/C20H17N5O/c26-20(23-14-16-5-7-21-8-6-16)17-3-4-18(25-12-9-22-15-25)19(13-17)24-10-1-2-11-24/h1-13,15H,14H2,(H,23,26). The van der Waals surface area contributed by atoms with E-state index in [0.717, 1.165) is 16.9 Å². The molecule has 0 radical (unpaired) electrons. The maximum Gasteiger partial charge on any atom is 0.251 e. The Hall–Kier alpha value is -3.67. The quantitative estimate of drug-likeness (QED) is 0.606. The van der Waals surface area contributed by atoms with E-state index < -0.39 is 0 Å². The molecule has 0 aliphatic rings. The van der Waals surface area contributed by atoms with Crippen molar-refractivity contribution in [2.45, 2.75) is 6.54 Å². The van der Waals surface area contributed by atoms with Gasteiger partial charge < -0.3 is 14.5 Å². The van der Waals surface area contributed by atoms with E-state index in [1.165, 1.54) is 0 Å². The van der Waals surface area contributed by atoms with E-state index in [2.05, 4.69) is 15.3 Å². The summed E-state index contributed by atoms with van der Waals surface area (Å²) in [6, 6.07) is 13.3. The molecular formula is C20H17N5O. The Labute approximate surface area is 150 Å². The molecule has 128 valence electrons. The van der Waals surface area contributed by atoms with Crippen molar-refractivity contribution >= 4 is 5.91 Å². The van der Waals surface area contributed by atoms with E-state index in [-0.39, 0.29) is 5.91 Å². The zero-order chi connectivity index (χ0) is 17.8. The van der Waals surface area contributed by atoms with Gasteiger partial charge in [-0.2, -0.15) is 0 Å². The van der Waals surface area contributed by atoms with E-state index in [4.69, 9.17) is 0 Å². The molecule has 3 aromatic heterocycles. The van der Waals surface area contributed by atoms with Crippen molar-refractivity contribution in [3.05, 3.63) is 97.1 Å². The number of amides is 1. The third kappa shape index (κ3) is 3.25.